The quantitative estimate of drug-likeness (QED) is 0.143. The number of anilines is 2. The molecule has 4 aromatic rings. The summed E-state index contributed by atoms with van der Waals surface area (Å²) in [5.74, 6) is 0.503. The van der Waals surface area contributed by atoms with Crippen LogP contribution < -0.4 is 21.3 Å². The Labute approximate surface area is 243 Å². The van der Waals surface area contributed by atoms with Crippen LogP contribution in [0.2, 0.25) is 0 Å². The summed E-state index contributed by atoms with van der Waals surface area (Å²) in [7, 11) is 0. The zero-order valence-corrected chi connectivity index (χ0v) is 25.0. The molecule has 0 bridgehead atoms. The predicted molar refractivity (Wildman–Crippen MR) is 169 cm³/mol. The summed E-state index contributed by atoms with van der Waals surface area (Å²) in [5.41, 5.74) is 2.91. The third-order valence-corrected chi connectivity index (χ3v) is 8.27. The van der Waals surface area contributed by atoms with Crippen molar-refractivity contribution in [1.29, 1.82) is 0 Å². The number of nitrogens with one attached hydrogen (secondary N) is 4. The zero-order chi connectivity index (χ0) is 27.9. The van der Waals surface area contributed by atoms with Crippen LogP contribution in [0.15, 0.2) is 88.5 Å². The maximum Gasteiger partial charge on any atom is 0.319 e. The number of amides is 4. The van der Waals surface area contributed by atoms with E-state index in [0.29, 0.717) is 19.0 Å². The number of hydrogen-bond donors (Lipinski definition) is 4. The average Bonchev–Trinajstić information content (AvgIpc) is 3.65. The van der Waals surface area contributed by atoms with E-state index in [1.807, 2.05) is 77.7 Å². The number of carbonyl (C=O) groups is 2. The van der Waals surface area contributed by atoms with Crippen LogP contribution in [0.5, 0.6) is 0 Å². The molecule has 206 valence electrons. The molecule has 4 N–H and O–H groups in total. The third kappa shape index (κ3) is 11.6. The van der Waals surface area contributed by atoms with Crippen LogP contribution in [0.25, 0.3) is 0 Å². The molecule has 4 rings (SSSR count). The normalized spacial score (nSPS) is 10.4. The fourth-order valence-corrected chi connectivity index (χ4v) is 5.31. The van der Waals surface area contributed by atoms with Crippen molar-refractivity contribution in [3.8, 4) is 0 Å². The molecule has 0 radical (unpaired) electrons. The van der Waals surface area contributed by atoms with Crippen LogP contribution in [0.3, 0.4) is 0 Å². The fraction of sp³-hybridized carbons (Fsp3) is 0.267. The minimum absolute atomic E-state index is 0.154. The van der Waals surface area contributed by atoms with E-state index in [-0.39, 0.29) is 12.1 Å². The van der Waals surface area contributed by atoms with Gasteiger partial charge in [0.05, 0.1) is 0 Å². The minimum atomic E-state index is -0.159. The second-order valence-corrected chi connectivity index (χ2v) is 11.9. The van der Waals surface area contributed by atoms with Crippen LogP contribution in [0.4, 0.5) is 21.0 Å². The van der Waals surface area contributed by atoms with Gasteiger partial charge >= 0.3 is 12.1 Å². The van der Waals surface area contributed by atoms with Crippen molar-refractivity contribution in [1.82, 2.24) is 10.6 Å². The molecule has 0 fully saturated rings. The van der Waals surface area contributed by atoms with Crippen LogP contribution in [0.1, 0.15) is 35.1 Å². The summed E-state index contributed by atoms with van der Waals surface area (Å²) in [6.45, 7) is 5.60. The third-order valence-electron chi connectivity index (χ3n) is 5.66. The first-order valence-electron chi connectivity index (χ1n) is 12.8. The molecule has 6 nitrogen and oxygen atoms in total. The fourth-order valence-electron chi connectivity index (χ4n) is 3.48. The van der Waals surface area contributed by atoms with E-state index in [4.69, 9.17) is 0 Å². The first-order chi connectivity index (χ1) is 18.9. The maximum absolute atomic E-state index is 11.7. The van der Waals surface area contributed by atoms with Crippen molar-refractivity contribution in [2.45, 2.75) is 37.5 Å². The highest BCUT2D eigenvalue weighted by Crippen LogP contribution is 2.18. The van der Waals surface area contributed by atoms with Crippen molar-refractivity contribution in [3.63, 3.8) is 0 Å². The molecule has 0 aliphatic rings. The van der Waals surface area contributed by atoms with Crippen molar-refractivity contribution in [2.24, 2.45) is 0 Å². The number of urea groups is 2. The highest BCUT2D eigenvalue weighted by atomic mass is 32.2. The number of carbonyl (C=O) groups excluding carboxylic acids is 2. The monoisotopic (exact) mass is 580 g/mol. The van der Waals surface area contributed by atoms with Crippen LogP contribution >= 0.6 is 34.4 Å². The smallest absolute Gasteiger partial charge is 0.319 e. The highest BCUT2D eigenvalue weighted by Gasteiger charge is 2.04. The Balaban J connectivity index is 0.000000216. The molecule has 0 saturated carbocycles. The summed E-state index contributed by atoms with van der Waals surface area (Å²) in [5, 5.41) is 15.5. The lowest BCUT2D eigenvalue weighted by molar-refractivity contribution is 0.251. The Bertz CT molecular complexity index is 1240. The van der Waals surface area contributed by atoms with Crippen molar-refractivity contribution in [2.75, 3.05) is 30.0 Å². The van der Waals surface area contributed by atoms with Gasteiger partial charge in [0.25, 0.3) is 0 Å². The summed E-state index contributed by atoms with van der Waals surface area (Å²) in [4.78, 5) is 27.2. The lowest BCUT2D eigenvalue weighted by atomic mass is 10.0. The molecular weight excluding hydrogens is 545 g/mol. The van der Waals surface area contributed by atoms with E-state index in [1.165, 1.54) is 20.2 Å². The molecule has 9 heteroatoms. The van der Waals surface area contributed by atoms with Crippen LogP contribution in [0, 0.1) is 0 Å². The molecule has 0 aliphatic carbocycles. The van der Waals surface area contributed by atoms with Crippen LogP contribution in [-0.4, -0.2) is 31.4 Å². The van der Waals surface area contributed by atoms with Gasteiger partial charge in [-0.15, -0.1) is 34.4 Å². The number of thiophene rings is 2. The first kappa shape index (κ1) is 30.3. The molecule has 0 unspecified atom stereocenters. The van der Waals surface area contributed by atoms with E-state index in [1.54, 1.807) is 34.4 Å². The summed E-state index contributed by atoms with van der Waals surface area (Å²) in [6, 6.07) is 23.7. The van der Waals surface area contributed by atoms with Gasteiger partial charge in [-0.2, -0.15) is 0 Å². The molecule has 4 amide bonds. The molecule has 0 aliphatic heterocycles. The molecule has 2 aromatic carbocycles. The maximum atomic E-state index is 11.7. The van der Waals surface area contributed by atoms with Gasteiger partial charge < -0.3 is 21.3 Å². The predicted octanol–water partition coefficient (Wildman–Crippen LogP) is 8.07. The van der Waals surface area contributed by atoms with Crippen LogP contribution in [-0.2, 0) is 12.8 Å². The Morgan fingerprint density at radius 2 is 1.18 bits per heavy atom. The second kappa shape index (κ2) is 16.6. The molecule has 2 aromatic heterocycles. The summed E-state index contributed by atoms with van der Waals surface area (Å²) in [6.07, 6.45) is 3.77. The number of benzene rings is 2. The number of rotatable bonds is 10. The largest absolute Gasteiger partial charge is 0.338 e. The van der Waals surface area contributed by atoms with Gasteiger partial charge in [0, 0.05) is 39.1 Å². The van der Waals surface area contributed by atoms with Gasteiger partial charge in [-0.3, -0.25) is 0 Å². The van der Waals surface area contributed by atoms with Gasteiger partial charge in [0.15, 0.2) is 0 Å². The molecule has 0 saturated heterocycles. The lowest BCUT2D eigenvalue weighted by Gasteiger charge is -2.09. The van der Waals surface area contributed by atoms with Gasteiger partial charge in [0.2, 0.25) is 0 Å². The lowest BCUT2D eigenvalue weighted by Crippen LogP contribution is -2.30. The van der Waals surface area contributed by atoms with Crippen molar-refractivity contribution in [3.05, 3.63) is 98.9 Å². The summed E-state index contributed by atoms with van der Waals surface area (Å²) < 4.78 is 0. The Morgan fingerprint density at radius 1 is 0.718 bits per heavy atom. The standard InChI is InChI=1S/C16H20N2OS.C14H16N2OS2/c1-12(2)13-5-7-14(8-6-13)18-16(19)17-10-9-15-4-3-11-20-15;1-18-12-6-4-11(5-7-12)16-14(17)15-9-8-13-3-2-10-19-13/h3-8,11-12H,9-10H2,1-2H3,(H2,17,18,19);2-7,10H,8-9H2,1H3,(H2,15,16,17). The average molecular weight is 581 g/mol. The topological polar surface area (TPSA) is 82.3 Å². The minimum Gasteiger partial charge on any atom is -0.338 e. The molecular formula is C30H36N4O2S3. The van der Waals surface area contributed by atoms with Gasteiger partial charge in [-0.25, -0.2) is 9.59 Å². The Hall–Kier alpha value is -3.27. The van der Waals surface area contributed by atoms with Crippen molar-refractivity contribution >= 4 is 57.9 Å². The highest BCUT2D eigenvalue weighted by molar-refractivity contribution is 7.98. The Morgan fingerprint density at radius 3 is 1.56 bits per heavy atom. The van der Waals surface area contributed by atoms with E-state index in [0.717, 1.165) is 24.2 Å². The van der Waals surface area contributed by atoms with E-state index in [2.05, 4.69) is 47.2 Å². The van der Waals surface area contributed by atoms with Gasteiger partial charge in [-0.1, -0.05) is 38.1 Å². The van der Waals surface area contributed by atoms with E-state index >= 15 is 0 Å². The van der Waals surface area contributed by atoms with E-state index < -0.39 is 0 Å². The SMILES string of the molecule is CC(C)c1ccc(NC(=O)NCCc2cccs2)cc1.CSc1ccc(NC(=O)NCCc2cccs2)cc1. The number of thioether (sulfide) groups is 1. The molecule has 0 atom stereocenters. The molecule has 0 spiro atoms. The van der Waals surface area contributed by atoms with Gasteiger partial charge in [-0.05, 0) is 89.9 Å². The van der Waals surface area contributed by atoms with E-state index in [9.17, 15) is 9.59 Å². The van der Waals surface area contributed by atoms with Gasteiger partial charge in [0.1, 0.15) is 0 Å². The zero-order valence-electron chi connectivity index (χ0n) is 22.5. The second-order valence-electron chi connectivity index (χ2n) is 8.93. The first-order valence-corrected chi connectivity index (χ1v) is 15.8. The summed E-state index contributed by atoms with van der Waals surface area (Å²) >= 11 is 5.10. The van der Waals surface area contributed by atoms with Crippen molar-refractivity contribution < 1.29 is 9.59 Å². The number of hydrogen-bond acceptors (Lipinski definition) is 5. The molecule has 2 heterocycles. The Kier molecular flexibility index (Phi) is 12.9. The molecule has 39 heavy (non-hydrogen) atoms.